The van der Waals surface area contributed by atoms with Gasteiger partial charge in [-0.25, -0.2) is 17.9 Å². The van der Waals surface area contributed by atoms with Crippen molar-refractivity contribution in [1.82, 2.24) is 4.72 Å². The average molecular weight is 425 g/mol. The monoisotopic (exact) mass is 425 g/mol. The summed E-state index contributed by atoms with van der Waals surface area (Å²) in [6.45, 7) is 1.94. The van der Waals surface area contributed by atoms with Crippen LogP contribution in [0, 0.1) is 6.92 Å². The highest BCUT2D eigenvalue weighted by Crippen LogP contribution is 2.16. The molecule has 0 atom stereocenters. The Morgan fingerprint density at radius 1 is 0.767 bits per heavy atom. The van der Waals surface area contributed by atoms with Crippen molar-refractivity contribution < 1.29 is 23.1 Å². The first-order chi connectivity index (χ1) is 14.2. The Labute approximate surface area is 173 Å². The number of nitrogens with one attached hydrogen (secondary N) is 3. The third-order valence-corrected chi connectivity index (χ3v) is 5.44. The van der Waals surface area contributed by atoms with E-state index in [0.717, 1.165) is 5.56 Å². The number of benzene rings is 3. The molecule has 0 aliphatic heterocycles. The van der Waals surface area contributed by atoms with E-state index in [1.165, 1.54) is 48.5 Å². The number of rotatable bonds is 5. The minimum atomic E-state index is -4.11. The largest absolute Gasteiger partial charge is 0.508 e. The van der Waals surface area contributed by atoms with E-state index in [1.807, 2.05) is 23.8 Å². The summed E-state index contributed by atoms with van der Waals surface area (Å²) in [6, 6.07) is 17.3. The lowest BCUT2D eigenvalue weighted by Crippen LogP contribution is -2.30. The molecule has 0 radical (unpaired) electrons. The van der Waals surface area contributed by atoms with Gasteiger partial charge in [0.25, 0.3) is 15.9 Å². The molecular formula is C21H19N3O5S. The Morgan fingerprint density at radius 3 is 1.80 bits per heavy atom. The van der Waals surface area contributed by atoms with Crippen LogP contribution < -0.4 is 15.4 Å². The predicted octanol–water partition coefficient (Wildman–Crippen LogP) is 3.46. The first-order valence-electron chi connectivity index (χ1n) is 8.84. The fourth-order valence-corrected chi connectivity index (χ4v) is 3.47. The van der Waals surface area contributed by atoms with Crippen LogP contribution in [0.15, 0.2) is 77.7 Å². The molecule has 3 aromatic rings. The summed E-state index contributed by atoms with van der Waals surface area (Å²) in [4.78, 5) is 24.0. The van der Waals surface area contributed by atoms with Crippen molar-refractivity contribution in [2.24, 2.45) is 0 Å². The van der Waals surface area contributed by atoms with E-state index in [1.54, 1.807) is 12.1 Å². The maximum Gasteiger partial charge on any atom is 0.323 e. The summed E-state index contributed by atoms with van der Waals surface area (Å²) in [6.07, 6.45) is 0. The van der Waals surface area contributed by atoms with Gasteiger partial charge in [0.2, 0.25) is 0 Å². The molecule has 0 aliphatic carbocycles. The Morgan fingerprint density at radius 2 is 1.27 bits per heavy atom. The van der Waals surface area contributed by atoms with Gasteiger partial charge in [0, 0.05) is 16.9 Å². The van der Waals surface area contributed by atoms with Gasteiger partial charge in [-0.1, -0.05) is 17.7 Å². The van der Waals surface area contributed by atoms with Crippen LogP contribution in [0.25, 0.3) is 0 Å². The standard InChI is InChI=1S/C21H19N3O5S/c1-14-2-6-16(7-3-14)22-21(27)23-17-8-12-19(13-9-17)30(28,29)24-20(26)15-4-10-18(25)11-5-15/h2-13,25H,1H3,(H,24,26)(H2,22,23,27). The average Bonchev–Trinajstić information content (AvgIpc) is 2.70. The van der Waals surface area contributed by atoms with Crippen LogP contribution in [0.3, 0.4) is 0 Å². The molecule has 3 amide bonds. The molecule has 0 fully saturated rings. The second-order valence-electron chi connectivity index (χ2n) is 6.45. The van der Waals surface area contributed by atoms with Crippen LogP contribution in [0.2, 0.25) is 0 Å². The number of phenolic OH excluding ortho intramolecular Hbond substituents is 1. The Kier molecular flexibility index (Phi) is 6.03. The number of sulfonamides is 1. The van der Waals surface area contributed by atoms with E-state index in [2.05, 4.69) is 10.6 Å². The summed E-state index contributed by atoms with van der Waals surface area (Å²) >= 11 is 0. The summed E-state index contributed by atoms with van der Waals surface area (Å²) in [5.74, 6) is -0.862. The van der Waals surface area contributed by atoms with Crippen molar-refractivity contribution in [3.8, 4) is 5.75 Å². The number of carbonyl (C=O) groups excluding carboxylic acids is 2. The minimum Gasteiger partial charge on any atom is -0.508 e. The minimum absolute atomic E-state index is 0.0380. The number of phenols is 1. The van der Waals surface area contributed by atoms with E-state index in [4.69, 9.17) is 0 Å². The van der Waals surface area contributed by atoms with Crippen LogP contribution in [0.5, 0.6) is 5.75 Å². The number of amides is 3. The normalized spacial score (nSPS) is 10.8. The number of anilines is 2. The zero-order valence-corrected chi connectivity index (χ0v) is 16.7. The van der Waals surface area contributed by atoms with Gasteiger partial charge in [0.1, 0.15) is 5.75 Å². The van der Waals surface area contributed by atoms with Gasteiger partial charge in [-0.2, -0.15) is 0 Å². The number of aryl methyl sites for hydroxylation is 1. The fraction of sp³-hybridized carbons (Fsp3) is 0.0476. The molecule has 0 aromatic heterocycles. The van der Waals surface area contributed by atoms with Crippen molar-refractivity contribution in [2.75, 3.05) is 10.6 Å². The Balaban J connectivity index is 1.63. The number of hydrogen-bond donors (Lipinski definition) is 4. The first kappa shape index (κ1) is 20.9. The smallest absolute Gasteiger partial charge is 0.323 e. The zero-order valence-electron chi connectivity index (χ0n) is 15.9. The van der Waals surface area contributed by atoms with Gasteiger partial charge in [0.15, 0.2) is 0 Å². The molecule has 0 heterocycles. The second-order valence-corrected chi connectivity index (χ2v) is 8.13. The maximum atomic E-state index is 12.4. The van der Waals surface area contributed by atoms with E-state index in [-0.39, 0.29) is 16.2 Å². The van der Waals surface area contributed by atoms with E-state index in [9.17, 15) is 23.1 Å². The topological polar surface area (TPSA) is 125 Å². The Hall–Kier alpha value is -3.85. The third-order valence-electron chi connectivity index (χ3n) is 4.09. The Bertz CT molecular complexity index is 1160. The molecule has 154 valence electrons. The molecule has 3 aromatic carbocycles. The summed E-state index contributed by atoms with van der Waals surface area (Å²) in [5, 5.41) is 14.5. The molecule has 0 spiro atoms. The SMILES string of the molecule is Cc1ccc(NC(=O)Nc2ccc(S(=O)(=O)NC(=O)c3ccc(O)cc3)cc2)cc1. The number of aromatic hydroxyl groups is 1. The van der Waals surface area contributed by atoms with Crippen LogP contribution in [-0.2, 0) is 10.0 Å². The highest BCUT2D eigenvalue weighted by molar-refractivity contribution is 7.90. The van der Waals surface area contributed by atoms with E-state index >= 15 is 0 Å². The number of urea groups is 1. The van der Waals surface area contributed by atoms with Crippen molar-refractivity contribution in [3.05, 3.63) is 83.9 Å². The molecule has 4 N–H and O–H groups in total. The fourth-order valence-electron chi connectivity index (χ4n) is 2.50. The predicted molar refractivity (Wildman–Crippen MR) is 113 cm³/mol. The molecule has 0 bridgehead atoms. The van der Waals surface area contributed by atoms with Crippen LogP contribution in [0.4, 0.5) is 16.2 Å². The summed E-state index contributed by atoms with van der Waals surface area (Å²) < 4.78 is 26.8. The molecule has 0 saturated carbocycles. The lowest BCUT2D eigenvalue weighted by Gasteiger charge is -2.10. The second kappa shape index (κ2) is 8.66. The van der Waals surface area contributed by atoms with E-state index < -0.39 is 22.0 Å². The summed E-state index contributed by atoms with van der Waals surface area (Å²) in [7, 11) is -4.11. The van der Waals surface area contributed by atoms with Crippen LogP contribution in [-0.4, -0.2) is 25.5 Å². The van der Waals surface area contributed by atoms with Crippen molar-refractivity contribution in [3.63, 3.8) is 0 Å². The molecule has 0 unspecified atom stereocenters. The quantitative estimate of drug-likeness (QED) is 0.498. The molecule has 0 saturated heterocycles. The van der Waals surface area contributed by atoms with Crippen LogP contribution in [0.1, 0.15) is 15.9 Å². The van der Waals surface area contributed by atoms with Gasteiger partial charge in [-0.05, 0) is 67.6 Å². The summed E-state index contributed by atoms with van der Waals surface area (Å²) in [5.41, 5.74) is 2.15. The van der Waals surface area contributed by atoms with Gasteiger partial charge < -0.3 is 15.7 Å². The number of carbonyl (C=O) groups is 2. The van der Waals surface area contributed by atoms with Gasteiger partial charge in [0.05, 0.1) is 4.90 Å². The van der Waals surface area contributed by atoms with E-state index in [0.29, 0.717) is 11.4 Å². The van der Waals surface area contributed by atoms with Crippen LogP contribution >= 0.6 is 0 Å². The van der Waals surface area contributed by atoms with Crippen molar-refractivity contribution in [1.29, 1.82) is 0 Å². The van der Waals surface area contributed by atoms with Gasteiger partial charge in [-0.15, -0.1) is 0 Å². The lowest BCUT2D eigenvalue weighted by atomic mass is 10.2. The molecule has 8 nitrogen and oxygen atoms in total. The third kappa shape index (κ3) is 5.36. The molecule has 3 rings (SSSR count). The number of hydrogen-bond acceptors (Lipinski definition) is 5. The molecule has 9 heteroatoms. The van der Waals surface area contributed by atoms with Gasteiger partial charge >= 0.3 is 6.03 Å². The molecule has 0 aliphatic rings. The molecule has 30 heavy (non-hydrogen) atoms. The lowest BCUT2D eigenvalue weighted by molar-refractivity contribution is 0.0981. The zero-order chi connectivity index (χ0) is 21.7. The highest BCUT2D eigenvalue weighted by Gasteiger charge is 2.19. The molecular weight excluding hydrogens is 406 g/mol. The first-order valence-corrected chi connectivity index (χ1v) is 10.3. The van der Waals surface area contributed by atoms with Crippen molar-refractivity contribution in [2.45, 2.75) is 11.8 Å². The van der Waals surface area contributed by atoms with Gasteiger partial charge in [-0.3, -0.25) is 4.79 Å². The highest BCUT2D eigenvalue weighted by atomic mass is 32.2. The maximum absolute atomic E-state index is 12.4. The van der Waals surface area contributed by atoms with Crippen molar-refractivity contribution >= 4 is 33.3 Å².